The molecule has 0 radical (unpaired) electrons. The van der Waals surface area contributed by atoms with E-state index in [9.17, 15) is 0 Å². The zero-order chi connectivity index (χ0) is 19.2. The molecule has 0 saturated carbocycles. The minimum absolute atomic E-state index is 0.404. The van der Waals surface area contributed by atoms with E-state index < -0.39 is 0 Å². The molecule has 3 aromatic rings. The van der Waals surface area contributed by atoms with Crippen LogP contribution in [0.5, 0.6) is 0 Å². The lowest BCUT2D eigenvalue weighted by Gasteiger charge is -2.19. The maximum atomic E-state index is 5.08. The smallest absolute Gasteiger partial charge is 0.137 e. The number of hydrogen-bond donors (Lipinski definition) is 0. The molecule has 26 heavy (non-hydrogen) atoms. The van der Waals surface area contributed by atoms with Crippen LogP contribution in [0.1, 0.15) is 56.5 Å². The summed E-state index contributed by atoms with van der Waals surface area (Å²) in [6, 6.07) is 6.99. The Bertz CT molecular complexity index is 948. The van der Waals surface area contributed by atoms with Crippen molar-refractivity contribution < 1.29 is 0 Å². The van der Waals surface area contributed by atoms with Crippen LogP contribution in [0.25, 0.3) is 22.3 Å². The number of pyridine rings is 2. The molecule has 0 aliphatic carbocycles. The highest BCUT2D eigenvalue weighted by Crippen LogP contribution is 2.34. The van der Waals surface area contributed by atoms with E-state index in [2.05, 4.69) is 75.4 Å². The Morgan fingerprint density at radius 1 is 0.962 bits per heavy atom. The Kier molecular flexibility index (Phi) is 4.78. The van der Waals surface area contributed by atoms with Crippen LogP contribution < -0.4 is 4.90 Å². The summed E-state index contributed by atoms with van der Waals surface area (Å²) in [4.78, 5) is 12.1. The second kappa shape index (κ2) is 6.75. The van der Waals surface area contributed by atoms with Crippen LogP contribution in [-0.2, 0) is 0 Å². The summed E-state index contributed by atoms with van der Waals surface area (Å²) in [7, 11) is 4.09. The van der Waals surface area contributed by atoms with Crippen molar-refractivity contribution in [3.63, 3.8) is 0 Å². The zero-order valence-electron chi connectivity index (χ0n) is 17.3. The predicted octanol–water partition coefficient (Wildman–Crippen LogP) is 5.49. The molecule has 0 bridgehead atoms. The van der Waals surface area contributed by atoms with Gasteiger partial charge in [0.05, 0.1) is 16.7 Å². The van der Waals surface area contributed by atoms with Gasteiger partial charge in [-0.15, -0.1) is 0 Å². The highest BCUT2D eigenvalue weighted by molar-refractivity contribution is 5.86. The topological polar surface area (TPSA) is 34.0 Å². The van der Waals surface area contributed by atoms with Gasteiger partial charge >= 0.3 is 0 Å². The first-order valence-corrected chi connectivity index (χ1v) is 9.38. The summed E-state index contributed by atoms with van der Waals surface area (Å²) in [6.45, 7) is 13.1. The molecular formula is C22H30N4. The molecule has 138 valence electrons. The van der Waals surface area contributed by atoms with Gasteiger partial charge in [-0.2, -0.15) is 0 Å². The summed E-state index contributed by atoms with van der Waals surface area (Å²) in [5.41, 5.74) is 7.91. The van der Waals surface area contributed by atoms with Gasteiger partial charge in [-0.1, -0.05) is 13.8 Å². The van der Waals surface area contributed by atoms with Gasteiger partial charge in [-0.05, 0) is 62.9 Å². The summed E-state index contributed by atoms with van der Waals surface area (Å²) in [5, 5.41) is 0. The molecule has 4 nitrogen and oxygen atoms in total. The van der Waals surface area contributed by atoms with Gasteiger partial charge in [0.1, 0.15) is 5.82 Å². The van der Waals surface area contributed by atoms with Crippen LogP contribution in [0.3, 0.4) is 0 Å². The number of aryl methyl sites for hydroxylation is 2. The Morgan fingerprint density at radius 3 is 2.23 bits per heavy atom. The molecule has 4 heteroatoms. The van der Waals surface area contributed by atoms with Crippen LogP contribution in [0.4, 0.5) is 5.82 Å². The molecule has 0 unspecified atom stereocenters. The van der Waals surface area contributed by atoms with E-state index in [1.165, 1.54) is 16.6 Å². The number of hydrogen-bond acceptors (Lipinski definition) is 3. The van der Waals surface area contributed by atoms with Crippen molar-refractivity contribution >= 4 is 16.9 Å². The Balaban J connectivity index is 2.26. The second-order valence-electron chi connectivity index (χ2n) is 7.99. The van der Waals surface area contributed by atoms with Crippen molar-refractivity contribution in [1.29, 1.82) is 0 Å². The minimum atomic E-state index is 0.404. The summed E-state index contributed by atoms with van der Waals surface area (Å²) < 4.78 is 2.31. The van der Waals surface area contributed by atoms with E-state index in [-0.39, 0.29) is 0 Å². The Labute approximate surface area is 156 Å². The van der Waals surface area contributed by atoms with Crippen molar-refractivity contribution in [3.8, 4) is 11.3 Å². The van der Waals surface area contributed by atoms with Crippen molar-refractivity contribution in [1.82, 2.24) is 14.5 Å². The van der Waals surface area contributed by atoms with Gasteiger partial charge in [0.25, 0.3) is 0 Å². The average Bonchev–Trinajstić information content (AvgIpc) is 2.89. The molecule has 0 atom stereocenters. The number of rotatable bonds is 4. The standard InChI is InChI=1S/C22H30N4/c1-13(2)18-10-9-17(22(23-18)25(7)8)20-15(5)11-19-21(24-20)16(6)12-26(19)14(3)4/h9-14H,1-8H3. The highest BCUT2D eigenvalue weighted by Gasteiger charge is 2.18. The van der Waals surface area contributed by atoms with Gasteiger partial charge in [0.2, 0.25) is 0 Å². The van der Waals surface area contributed by atoms with E-state index in [1.807, 2.05) is 14.1 Å². The minimum Gasteiger partial charge on any atom is -0.362 e. The first-order valence-electron chi connectivity index (χ1n) is 9.38. The van der Waals surface area contributed by atoms with Crippen molar-refractivity contribution in [2.24, 2.45) is 0 Å². The summed E-state index contributed by atoms with van der Waals surface area (Å²) in [6.07, 6.45) is 2.21. The third-order valence-corrected chi connectivity index (χ3v) is 4.90. The Hall–Kier alpha value is -2.36. The fourth-order valence-corrected chi connectivity index (χ4v) is 3.44. The lowest BCUT2D eigenvalue weighted by molar-refractivity contribution is 0.621. The fraction of sp³-hybridized carbons (Fsp3) is 0.455. The van der Waals surface area contributed by atoms with E-state index in [4.69, 9.17) is 9.97 Å². The van der Waals surface area contributed by atoms with Crippen LogP contribution in [0.2, 0.25) is 0 Å². The molecule has 3 heterocycles. The van der Waals surface area contributed by atoms with Gasteiger partial charge in [-0.3, -0.25) is 0 Å². The van der Waals surface area contributed by atoms with Gasteiger partial charge < -0.3 is 9.47 Å². The first-order chi connectivity index (χ1) is 12.2. The van der Waals surface area contributed by atoms with Crippen molar-refractivity contribution in [3.05, 3.63) is 41.2 Å². The van der Waals surface area contributed by atoms with Gasteiger partial charge in [0, 0.05) is 37.6 Å². The molecule has 3 rings (SSSR count). The molecule has 0 N–H and O–H groups in total. The third kappa shape index (κ3) is 3.09. The molecule has 0 aliphatic rings. The largest absolute Gasteiger partial charge is 0.362 e. The fourth-order valence-electron chi connectivity index (χ4n) is 3.44. The monoisotopic (exact) mass is 350 g/mol. The van der Waals surface area contributed by atoms with Crippen LogP contribution in [0.15, 0.2) is 24.4 Å². The van der Waals surface area contributed by atoms with E-state index >= 15 is 0 Å². The van der Waals surface area contributed by atoms with Crippen molar-refractivity contribution in [2.75, 3.05) is 19.0 Å². The zero-order valence-corrected chi connectivity index (χ0v) is 17.3. The average molecular weight is 351 g/mol. The van der Waals surface area contributed by atoms with Crippen molar-refractivity contribution in [2.45, 2.75) is 53.5 Å². The number of nitrogens with zero attached hydrogens (tertiary/aromatic N) is 4. The van der Waals surface area contributed by atoms with E-state index in [1.54, 1.807) is 0 Å². The van der Waals surface area contributed by atoms with Crippen LogP contribution >= 0.6 is 0 Å². The maximum absolute atomic E-state index is 5.08. The molecule has 0 fully saturated rings. The molecule has 0 aromatic carbocycles. The molecule has 3 aromatic heterocycles. The number of aromatic nitrogens is 3. The third-order valence-electron chi connectivity index (χ3n) is 4.90. The lowest BCUT2D eigenvalue weighted by atomic mass is 10.0. The summed E-state index contributed by atoms with van der Waals surface area (Å²) in [5.74, 6) is 1.38. The maximum Gasteiger partial charge on any atom is 0.137 e. The van der Waals surface area contributed by atoms with Crippen LogP contribution in [0, 0.1) is 13.8 Å². The van der Waals surface area contributed by atoms with Gasteiger partial charge in [-0.25, -0.2) is 9.97 Å². The molecular weight excluding hydrogens is 320 g/mol. The Morgan fingerprint density at radius 2 is 1.65 bits per heavy atom. The number of fused-ring (bicyclic) bond motifs is 1. The second-order valence-corrected chi connectivity index (χ2v) is 7.99. The number of anilines is 1. The first kappa shape index (κ1) is 18.4. The van der Waals surface area contributed by atoms with Gasteiger partial charge in [0.15, 0.2) is 0 Å². The normalized spacial score (nSPS) is 11.8. The quantitative estimate of drug-likeness (QED) is 0.624. The molecule has 0 aliphatic heterocycles. The predicted molar refractivity (Wildman–Crippen MR) is 111 cm³/mol. The lowest BCUT2D eigenvalue weighted by Crippen LogP contribution is -2.14. The van der Waals surface area contributed by atoms with E-state index in [0.717, 1.165) is 28.3 Å². The highest BCUT2D eigenvalue weighted by atomic mass is 15.1. The van der Waals surface area contributed by atoms with Crippen LogP contribution in [-0.4, -0.2) is 28.6 Å². The molecule has 0 saturated heterocycles. The molecule has 0 amide bonds. The SMILES string of the molecule is Cc1cc2c(nc1-c1ccc(C(C)C)nc1N(C)C)c(C)cn2C(C)C. The molecule has 0 spiro atoms. The van der Waals surface area contributed by atoms with E-state index in [0.29, 0.717) is 12.0 Å². The summed E-state index contributed by atoms with van der Waals surface area (Å²) >= 11 is 0.